The molecule has 0 saturated heterocycles. The predicted octanol–water partition coefficient (Wildman–Crippen LogP) is 1.23. The van der Waals surface area contributed by atoms with Crippen molar-refractivity contribution in [2.24, 2.45) is 4.99 Å². The van der Waals surface area contributed by atoms with E-state index in [9.17, 15) is 8.42 Å². The predicted molar refractivity (Wildman–Crippen MR) is 102 cm³/mol. The van der Waals surface area contributed by atoms with Crippen molar-refractivity contribution in [3.05, 3.63) is 30.1 Å². The van der Waals surface area contributed by atoms with Crippen LogP contribution < -0.4 is 10.6 Å². The highest BCUT2D eigenvalue weighted by atomic mass is 127. The molecule has 2 N–H and O–H groups in total. The summed E-state index contributed by atoms with van der Waals surface area (Å²) < 4.78 is 22.4. The van der Waals surface area contributed by atoms with Crippen molar-refractivity contribution in [1.82, 2.24) is 15.6 Å². The fraction of sp³-hybridized carbons (Fsp3) is 0.571. The molecule has 0 aliphatic carbocycles. The molecule has 0 radical (unpaired) electrons. The van der Waals surface area contributed by atoms with Crippen molar-refractivity contribution < 1.29 is 8.42 Å². The first kappa shape index (κ1) is 21.1. The molecule has 1 heterocycles. The van der Waals surface area contributed by atoms with Crippen LogP contribution in [0.1, 0.15) is 19.5 Å². The molecule has 0 atom stereocenters. The molecular formula is C14H25IN4O2S. The number of sulfone groups is 1. The van der Waals surface area contributed by atoms with Crippen molar-refractivity contribution in [2.45, 2.75) is 25.0 Å². The minimum Gasteiger partial charge on any atom is -0.356 e. The van der Waals surface area contributed by atoms with E-state index in [1.165, 1.54) is 6.26 Å². The zero-order chi connectivity index (χ0) is 15.9. The molecule has 0 bridgehead atoms. The number of aromatic nitrogens is 1. The smallest absolute Gasteiger partial charge is 0.191 e. The van der Waals surface area contributed by atoms with Gasteiger partial charge in [-0.25, -0.2) is 8.42 Å². The summed E-state index contributed by atoms with van der Waals surface area (Å²) in [6.45, 7) is 4.36. The number of halogens is 1. The van der Waals surface area contributed by atoms with Crippen LogP contribution in [0.5, 0.6) is 0 Å². The summed E-state index contributed by atoms with van der Waals surface area (Å²) in [6.07, 6.45) is 3.78. The Morgan fingerprint density at radius 1 is 1.32 bits per heavy atom. The topological polar surface area (TPSA) is 83.4 Å². The Morgan fingerprint density at radius 2 is 2.00 bits per heavy atom. The molecular weight excluding hydrogens is 415 g/mol. The summed E-state index contributed by atoms with van der Waals surface area (Å²) in [6, 6.07) is 5.79. The number of rotatable bonds is 6. The Bertz CT molecular complexity index is 574. The molecule has 1 aromatic heterocycles. The quantitative estimate of drug-likeness (QED) is 0.395. The molecule has 0 aliphatic heterocycles. The van der Waals surface area contributed by atoms with Gasteiger partial charge in [0.2, 0.25) is 0 Å². The second kappa shape index (κ2) is 9.29. The van der Waals surface area contributed by atoms with Crippen LogP contribution in [0.4, 0.5) is 0 Å². The number of aliphatic imine (C=N–C) groups is 1. The molecule has 0 amide bonds. The van der Waals surface area contributed by atoms with Crippen molar-refractivity contribution in [3.8, 4) is 0 Å². The second-order valence-corrected chi connectivity index (χ2v) is 8.10. The van der Waals surface area contributed by atoms with E-state index in [4.69, 9.17) is 0 Å². The molecule has 8 heteroatoms. The van der Waals surface area contributed by atoms with Gasteiger partial charge in [0.1, 0.15) is 0 Å². The van der Waals surface area contributed by atoms with Gasteiger partial charge in [0, 0.05) is 44.7 Å². The molecule has 0 aromatic carbocycles. The van der Waals surface area contributed by atoms with E-state index in [0.29, 0.717) is 19.0 Å². The number of hydrogen-bond acceptors (Lipinski definition) is 4. The first-order valence-corrected chi connectivity index (χ1v) is 8.69. The lowest BCUT2D eigenvalue weighted by Gasteiger charge is -2.24. The lowest BCUT2D eigenvalue weighted by atomic mass is 10.2. The van der Waals surface area contributed by atoms with Gasteiger partial charge in [0.25, 0.3) is 0 Å². The van der Waals surface area contributed by atoms with Gasteiger partial charge >= 0.3 is 0 Å². The lowest BCUT2D eigenvalue weighted by Crippen LogP contribution is -2.48. The highest BCUT2D eigenvalue weighted by Crippen LogP contribution is 2.13. The van der Waals surface area contributed by atoms with Crippen LogP contribution in [0.15, 0.2) is 29.4 Å². The molecule has 0 fully saturated rings. The average Bonchev–Trinajstić information content (AvgIpc) is 2.42. The third kappa shape index (κ3) is 6.91. The fourth-order valence-electron chi connectivity index (χ4n) is 1.50. The summed E-state index contributed by atoms with van der Waals surface area (Å²) in [5, 5.41) is 6.19. The third-order valence-electron chi connectivity index (χ3n) is 3.31. The number of pyridine rings is 1. The maximum atomic E-state index is 11.6. The molecule has 0 unspecified atom stereocenters. The maximum absolute atomic E-state index is 11.6. The van der Waals surface area contributed by atoms with Crippen molar-refractivity contribution in [2.75, 3.05) is 26.4 Å². The lowest BCUT2D eigenvalue weighted by molar-refractivity contribution is 0.544. The molecule has 0 saturated carbocycles. The Labute approximate surface area is 150 Å². The number of nitrogens with zero attached hydrogens (tertiary/aromatic N) is 2. The maximum Gasteiger partial charge on any atom is 0.191 e. The van der Waals surface area contributed by atoms with Crippen molar-refractivity contribution in [3.63, 3.8) is 0 Å². The van der Waals surface area contributed by atoms with Crippen LogP contribution in [0.3, 0.4) is 0 Å². The Hall–Kier alpha value is -0.900. The summed E-state index contributed by atoms with van der Waals surface area (Å²) in [5.41, 5.74) is 0.997. The summed E-state index contributed by atoms with van der Waals surface area (Å²) in [4.78, 5) is 8.32. The van der Waals surface area contributed by atoms with Crippen LogP contribution in [-0.2, 0) is 16.3 Å². The van der Waals surface area contributed by atoms with Gasteiger partial charge in [-0.1, -0.05) is 6.07 Å². The minimum atomic E-state index is -3.13. The average molecular weight is 440 g/mol. The molecule has 0 aliphatic rings. The Balaban J connectivity index is 0.00000441. The third-order valence-corrected chi connectivity index (χ3v) is 5.46. The summed E-state index contributed by atoms with van der Waals surface area (Å²) >= 11 is 0. The second-order valence-electron chi connectivity index (χ2n) is 5.46. The SMILES string of the molecule is CN=C(NCCc1ccccn1)NCC(C)(C)S(C)(=O)=O.I. The highest BCUT2D eigenvalue weighted by molar-refractivity contribution is 14.0. The minimum absolute atomic E-state index is 0. The fourth-order valence-corrected chi connectivity index (χ4v) is 1.84. The molecule has 22 heavy (non-hydrogen) atoms. The Kier molecular flexibility index (Phi) is 8.91. The van der Waals surface area contributed by atoms with E-state index >= 15 is 0 Å². The molecule has 1 rings (SSSR count). The molecule has 1 aromatic rings. The van der Waals surface area contributed by atoms with Gasteiger partial charge in [0.15, 0.2) is 15.8 Å². The monoisotopic (exact) mass is 440 g/mol. The van der Waals surface area contributed by atoms with Crippen LogP contribution >= 0.6 is 24.0 Å². The van der Waals surface area contributed by atoms with Gasteiger partial charge in [-0.3, -0.25) is 9.98 Å². The van der Waals surface area contributed by atoms with E-state index in [0.717, 1.165) is 12.1 Å². The Morgan fingerprint density at radius 3 is 2.50 bits per heavy atom. The van der Waals surface area contributed by atoms with Crippen LogP contribution in [-0.4, -0.2) is 50.5 Å². The van der Waals surface area contributed by atoms with Crippen LogP contribution in [0.2, 0.25) is 0 Å². The van der Waals surface area contributed by atoms with Crippen LogP contribution in [0, 0.1) is 0 Å². The van der Waals surface area contributed by atoms with Gasteiger partial charge in [-0.15, -0.1) is 24.0 Å². The molecule has 126 valence electrons. The van der Waals surface area contributed by atoms with Crippen molar-refractivity contribution in [1.29, 1.82) is 0 Å². The first-order valence-electron chi connectivity index (χ1n) is 6.80. The van der Waals surface area contributed by atoms with Gasteiger partial charge < -0.3 is 10.6 Å². The van der Waals surface area contributed by atoms with Gasteiger partial charge in [0.05, 0.1) is 4.75 Å². The number of guanidine groups is 1. The highest BCUT2D eigenvalue weighted by Gasteiger charge is 2.30. The zero-order valence-electron chi connectivity index (χ0n) is 13.5. The number of hydrogen-bond donors (Lipinski definition) is 2. The zero-order valence-corrected chi connectivity index (χ0v) is 16.6. The first-order chi connectivity index (χ1) is 9.76. The van der Waals surface area contributed by atoms with E-state index in [1.54, 1.807) is 27.1 Å². The largest absolute Gasteiger partial charge is 0.356 e. The normalized spacial score (nSPS) is 12.5. The standard InChI is InChI=1S/C14H24N4O2S.HI/c1-14(2,21(4,19)20)11-18-13(15-3)17-10-8-12-7-5-6-9-16-12;/h5-7,9H,8,10-11H2,1-4H3,(H2,15,17,18);1H. The van der Waals surface area contributed by atoms with E-state index in [-0.39, 0.29) is 24.0 Å². The van der Waals surface area contributed by atoms with E-state index < -0.39 is 14.6 Å². The van der Waals surface area contributed by atoms with Gasteiger partial charge in [-0.2, -0.15) is 0 Å². The summed E-state index contributed by atoms with van der Waals surface area (Å²) in [5.74, 6) is 0.586. The van der Waals surface area contributed by atoms with Crippen LogP contribution in [0.25, 0.3) is 0 Å². The van der Waals surface area contributed by atoms with E-state index in [1.807, 2.05) is 18.2 Å². The van der Waals surface area contributed by atoms with Gasteiger partial charge in [-0.05, 0) is 26.0 Å². The summed E-state index contributed by atoms with van der Waals surface area (Å²) in [7, 11) is -1.47. The molecule has 6 nitrogen and oxygen atoms in total. The molecule has 0 spiro atoms. The number of nitrogens with one attached hydrogen (secondary N) is 2. The van der Waals surface area contributed by atoms with E-state index in [2.05, 4.69) is 20.6 Å². The van der Waals surface area contributed by atoms with Crippen molar-refractivity contribution >= 4 is 39.8 Å².